The third-order valence-electron chi connectivity index (χ3n) is 2.22. The molecule has 0 heterocycles. The van der Waals surface area contributed by atoms with Gasteiger partial charge in [0.1, 0.15) is 5.97 Å². The molecular formula is C8Br2F13NaO4. The van der Waals surface area contributed by atoms with Crippen LogP contribution in [-0.2, 0) is 14.3 Å². The number of hydrogen-bond acceptors (Lipinski definition) is 4. The first-order chi connectivity index (χ1) is 11.4. The average Bonchev–Trinajstić information content (AvgIpc) is 2.33. The second-order valence-corrected chi connectivity index (χ2v) is 6.22. The van der Waals surface area contributed by atoms with Crippen molar-refractivity contribution in [2.24, 2.45) is 0 Å². The number of hydrogen-bond donors (Lipinski definition) is 0. The summed E-state index contributed by atoms with van der Waals surface area (Å²) in [5.74, 6) is -18.5. The summed E-state index contributed by atoms with van der Waals surface area (Å²) in [6, 6.07) is 0. The number of carbonyl (C=O) groups is 1. The summed E-state index contributed by atoms with van der Waals surface area (Å²) >= 11 is 1.91. The van der Waals surface area contributed by atoms with Crippen molar-refractivity contribution in [2.45, 2.75) is 39.8 Å². The van der Waals surface area contributed by atoms with Gasteiger partial charge in [0.05, 0.1) is 0 Å². The smallest absolute Gasteiger partial charge is 0.544 e. The van der Waals surface area contributed by atoms with Crippen LogP contribution < -0.4 is 34.7 Å². The number of halogens is 15. The summed E-state index contributed by atoms with van der Waals surface area (Å²) < 4.78 is 165. The summed E-state index contributed by atoms with van der Waals surface area (Å²) in [7, 11) is 0. The van der Waals surface area contributed by atoms with E-state index in [-0.39, 0.29) is 29.6 Å². The maximum absolute atomic E-state index is 13.6. The largest absolute Gasteiger partial charge is 1.00 e. The van der Waals surface area contributed by atoms with Gasteiger partial charge in [-0.1, -0.05) is 0 Å². The number of ether oxygens (including phenoxy) is 2. The molecule has 0 aromatic rings. The number of carbonyl (C=O) groups excluding carboxylic acids is 1. The Bertz CT molecular complexity index is 578. The van der Waals surface area contributed by atoms with Crippen molar-refractivity contribution in [3.05, 3.63) is 0 Å². The van der Waals surface area contributed by atoms with E-state index in [2.05, 4.69) is 4.74 Å². The molecule has 0 saturated heterocycles. The Morgan fingerprint density at radius 2 is 1.07 bits per heavy atom. The maximum Gasteiger partial charge on any atom is 1.00 e. The van der Waals surface area contributed by atoms with Gasteiger partial charge in [-0.25, -0.2) is 0 Å². The average molecular weight is 590 g/mol. The van der Waals surface area contributed by atoms with Crippen LogP contribution in [-0.4, -0.2) is 45.7 Å². The second-order valence-electron chi connectivity index (χ2n) is 4.21. The van der Waals surface area contributed by atoms with E-state index in [1.165, 1.54) is 0 Å². The summed E-state index contributed by atoms with van der Waals surface area (Å²) in [6.07, 6.45) is -21.9. The molecule has 2 atom stereocenters. The molecule has 162 valence electrons. The molecule has 0 fully saturated rings. The molecule has 20 heteroatoms. The molecule has 0 aromatic carbocycles. The van der Waals surface area contributed by atoms with E-state index in [9.17, 15) is 67.0 Å². The van der Waals surface area contributed by atoms with Gasteiger partial charge in [-0.2, -0.15) is 57.1 Å². The van der Waals surface area contributed by atoms with Crippen molar-refractivity contribution >= 4 is 37.8 Å². The van der Waals surface area contributed by atoms with Crippen molar-refractivity contribution in [3.8, 4) is 0 Å². The Hall–Kier alpha value is 0.440. The van der Waals surface area contributed by atoms with Crippen molar-refractivity contribution in [1.82, 2.24) is 0 Å². The monoisotopic (exact) mass is 588 g/mol. The van der Waals surface area contributed by atoms with Gasteiger partial charge in [0.25, 0.3) is 0 Å². The Kier molecular flexibility index (Phi) is 9.32. The van der Waals surface area contributed by atoms with E-state index in [0.29, 0.717) is 0 Å². The van der Waals surface area contributed by atoms with Crippen molar-refractivity contribution < 1.29 is 106 Å². The maximum atomic E-state index is 13.6. The fraction of sp³-hybridized carbons (Fsp3) is 0.875. The molecule has 28 heavy (non-hydrogen) atoms. The van der Waals surface area contributed by atoms with Gasteiger partial charge in [0, 0.05) is 0 Å². The minimum absolute atomic E-state index is 0. The molecule has 0 aliphatic carbocycles. The fourth-order valence-electron chi connectivity index (χ4n) is 0.926. The molecule has 0 spiro atoms. The number of alkyl halides is 15. The predicted molar refractivity (Wildman–Crippen MR) is 58.6 cm³/mol. The molecule has 0 saturated carbocycles. The molecule has 0 amide bonds. The summed E-state index contributed by atoms with van der Waals surface area (Å²) in [5.41, 5.74) is 0. The van der Waals surface area contributed by atoms with Gasteiger partial charge in [-0.15, -0.1) is 0 Å². The molecule has 0 aromatic heterocycles. The first-order valence-corrected chi connectivity index (χ1v) is 6.90. The van der Waals surface area contributed by atoms with Gasteiger partial charge >= 0.3 is 69.3 Å². The zero-order chi connectivity index (χ0) is 22.5. The van der Waals surface area contributed by atoms with E-state index in [4.69, 9.17) is 0 Å². The SMILES string of the molecule is O=C([O-])C(F)(F)C(F)(F)OC(F)(C(F)(F)F)C(F)(F)OC(F)(Br)C(F)(F)Br.[Na+]. The third kappa shape index (κ3) is 5.77. The van der Waals surface area contributed by atoms with Crippen LogP contribution in [0.5, 0.6) is 0 Å². The van der Waals surface area contributed by atoms with Gasteiger partial charge in [0.15, 0.2) is 0 Å². The Morgan fingerprint density at radius 1 is 0.714 bits per heavy atom. The topological polar surface area (TPSA) is 58.6 Å². The van der Waals surface area contributed by atoms with Gasteiger partial charge in [-0.3, -0.25) is 9.47 Å². The van der Waals surface area contributed by atoms with E-state index < -0.39 is 45.7 Å². The van der Waals surface area contributed by atoms with Gasteiger partial charge < -0.3 is 9.90 Å². The first kappa shape index (κ1) is 30.6. The number of carboxylic acids is 1. The minimum atomic E-state index is -7.49. The van der Waals surface area contributed by atoms with Crippen LogP contribution in [0.4, 0.5) is 57.1 Å². The molecule has 0 aliphatic heterocycles. The predicted octanol–water partition coefficient (Wildman–Crippen LogP) is 0.828. The van der Waals surface area contributed by atoms with Crippen LogP contribution in [0.15, 0.2) is 0 Å². The number of carboxylic acid groups (broad SMARTS) is 1. The standard InChI is InChI=1S/C8HBr2F13O4.Na/c9-4(14,15)5(10,16)27-8(22,23)3(13,6(17,18)19)26-7(20,21)2(11,12)1(24)25;/h(H,24,25);/q;+1/p-1. The third-order valence-corrected chi connectivity index (χ3v) is 3.92. The molecule has 2 unspecified atom stereocenters. The fourth-order valence-corrected chi connectivity index (χ4v) is 1.21. The normalized spacial score (nSPS) is 18.7. The van der Waals surface area contributed by atoms with Crippen LogP contribution in [0.1, 0.15) is 0 Å². The quantitative estimate of drug-likeness (QED) is 0.239. The molecule has 0 aliphatic rings. The number of rotatable bonds is 8. The summed E-state index contributed by atoms with van der Waals surface area (Å²) in [5, 5.41) is 9.80. The molecule has 0 rings (SSSR count). The molecule has 0 radical (unpaired) electrons. The van der Waals surface area contributed by atoms with Crippen LogP contribution in [0.25, 0.3) is 0 Å². The van der Waals surface area contributed by atoms with Crippen LogP contribution in [0.2, 0.25) is 0 Å². The minimum Gasteiger partial charge on any atom is -0.544 e. The Balaban J connectivity index is 0. The van der Waals surface area contributed by atoms with Crippen molar-refractivity contribution in [3.63, 3.8) is 0 Å². The zero-order valence-corrected chi connectivity index (χ0v) is 17.5. The summed E-state index contributed by atoms with van der Waals surface area (Å²) in [4.78, 5) is 4.43. The van der Waals surface area contributed by atoms with Gasteiger partial charge in [0.2, 0.25) is 0 Å². The van der Waals surface area contributed by atoms with E-state index in [0.717, 1.165) is 31.9 Å². The Labute approximate surface area is 183 Å². The van der Waals surface area contributed by atoms with E-state index in [1.807, 2.05) is 0 Å². The number of aliphatic carboxylic acids is 1. The molecule has 0 N–H and O–H groups in total. The van der Waals surface area contributed by atoms with E-state index >= 15 is 0 Å². The first-order valence-electron chi connectivity index (χ1n) is 5.31. The van der Waals surface area contributed by atoms with Crippen molar-refractivity contribution in [2.75, 3.05) is 0 Å². The molecular weight excluding hydrogens is 590 g/mol. The van der Waals surface area contributed by atoms with Crippen LogP contribution in [0.3, 0.4) is 0 Å². The van der Waals surface area contributed by atoms with Crippen LogP contribution in [0, 0.1) is 0 Å². The van der Waals surface area contributed by atoms with E-state index in [1.54, 1.807) is 4.74 Å². The summed E-state index contributed by atoms with van der Waals surface area (Å²) in [6.45, 7) is 0. The molecule has 0 bridgehead atoms. The molecule has 4 nitrogen and oxygen atoms in total. The van der Waals surface area contributed by atoms with Crippen molar-refractivity contribution in [1.29, 1.82) is 0 Å². The Morgan fingerprint density at radius 3 is 1.32 bits per heavy atom. The van der Waals surface area contributed by atoms with Gasteiger partial charge in [-0.05, 0) is 31.9 Å². The zero-order valence-electron chi connectivity index (χ0n) is 12.3. The van der Waals surface area contributed by atoms with Crippen LogP contribution >= 0.6 is 31.9 Å². The second kappa shape index (κ2) is 8.52.